The van der Waals surface area contributed by atoms with Gasteiger partial charge in [-0.15, -0.1) is 0 Å². The summed E-state index contributed by atoms with van der Waals surface area (Å²) >= 11 is 6.38. The Morgan fingerprint density at radius 2 is 1.89 bits per heavy atom. The van der Waals surface area contributed by atoms with Crippen molar-refractivity contribution in [3.05, 3.63) is 87.7 Å². The number of rotatable bonds is 5. The number of benzene rings is 2. The van der Waals surface area contributed by atoms with Crippen LogP contribution in [0.3, 0.4) is 0 Å². The van der Waals surface area contributed by atoms with E-state index in [0.29, 0.717) is 17.8 Å². The number of nitrogens with zero attached hydrogens (tertiary/aromatic N) is 2. The van der Waals surface area contributed by atoms with Crippen molar-refractivity contribution in [1.82, 2.24) is 15.1 Å². The van der Waals surface area contributed by atoms with Crippen LogP contribution in [0.15, 0.2) is 48.5 Å². The number of carbonyl (C=O) groups excluding carboxylic acids is 1. The van der Waals surface area contributed by atoms with E-state index in [2.05, 4.69) is 10.4 Å². The molecular weight excluding hydrogens is 372 g/mol. The van der Waals surface area contributed by atoms with E-state index < -0.39 is 23.6 Å². The molecule has 0 unspecified atom stereocenters. The SMILES string of the molecule is Cc1nn(Cc2ccccc2)c(Cl)c1C(=O)N[C@@H](C)c1ccc(F)c(F)c1. The minimum Gasteiger partial charge on any atom is -0.345 e. The third-order valence-corrected chi connectivity index (χ3v) is 4.64. The van der Waals surface area contributed by atoms with Crippen molar-refractivity contribution in [1.29, 1.82) is 0 Å². The molecule has 0 aliphatic rings. The number of amides is 1. The average molecular weight is 390 g/mol. The molecule has 2 aromatic carbocycles. The zero-order valence-electron chi connectivity index (χ0n) is 14.8. The molecule has 0 spiro atoms. The van der Waals surface area contributed by atoms with Gasteiger partial charge in [0.15, 0.2) is 11.6 Å². The number of nitrogens with one attached hydrogen (secondary N) is 1. The maximum Gasteiger partial charge on any atom is 0.256 e. The number of aromatic nitrogens is 2. The van der Waals surface area contributed by atoms with E-state index in [4.69, 9.17) is 11.6 Å². The van der Waals surface area contributed by atoms with Gasteiger partial charge in [0.2, 0.25) is 0 Å². The highest BCUT2D eigenvalue weighted by molar-refractivity contribution is 6.33. The highest BCUT2D eigenvalue weighted by Crippen LogP contribution is 2.23. The van der Waals surface area contributed by atoms with Crippen LogP contribution in [0.1, 0.15) is 40.1 Å². The lowest BCUT2D eigenvalue weighted by atomic mass is 10.1. The lowest BCUT2D eigenvalue weighted by molar-refractivity contribution is 0.0939. The zero-order valence-corrected chi connectivity index (χ0v) is 15.6. The second-order valence-corrected chi connectivity index (χ2v) is 6.62. The van der Waals surface area contributed by atoms with E-state index in [-0.39, 0.29) is 10.7 Å². The van der Waals surface area contributed by atoms with Gasteiger partial charge in [0.1, 0.15) is 5.15 Å². The maximum atomic E-state index is 13.4. The smallest absolute Gasteiger partial charge is 0.256 e. The molecule has 1 atom stereocenters. The van der Waals surface area contributed by atoms with Crippen LogP contribution >= 0.6 is 11.6 Å². The quantitative estimate of drug-likeness (QED) is 0.689. The molecule has 1 aromatic heterocycles. The normalized spacial score (nSPS) is 12.0. The summed E-state index contributed by atoms with van der Waals surface area (Å²) in [6.45, 7) is 3.82. The molecule has 0 bridgehead atoms. The summed E-state index contributed by atoms with van der Waals surface area (Å²) in [4.78, 5) is 12.7. The van der Waals surface area contributed by atoms with Gasteiger partial charge in [-0.25, -0.2) is 13.5 Å². The van der Waals surface area contributed by atoms with Gasteiger partial charge in [-0.1, -0.05) is 48.0 Å². The number of hydrogen-bond acceptors (Lipinski definition) is 2. The fraction of sp³-hybridized carbons (Fsp3) is 0.200. The molecule has 1 heterocycles. The molecule has 1 N–H and O–H groups in total. The summed E-state index contributed by atoms with van der Waals surface area (Å²) < 4.78 is 28.1. The Bertz CT molecular complexity index is 973. The standard InChI is InChI=1S/C20H18ClF2N3O/c1-12(15-8-9-16(22)17(23)10-15)24-20(27)18-13(2)25-26(19(18)21)11-14-6-4-3-5-7-14/h3-10,12H,11H2,1-2H3,(H,24,27)/t12-/m0/s1. The summed E-state index contributed by atoms with van der Waals surface area (Å²) in [6, 6.07) is 12.6. The van der Waals surface area contributed by atoms with E-state index in [9.17, 15) is 13.6 Å². The van der Waals surface area contributed by atoms with E-state index in [1.54, 1.807) is 18.5 Å². The van der Waals surface area contributed by atoms with Gasteiger partial charge < -0.3 is 5.32 Å². The zero-order chi connectivity index (χ0) is 19.6. The molecule has 7 heteroatoms. The Kier molecular flexibility index (Phi) is 5.56. The Hall–Kier alpha value is -2.73. The van der Waals surface area contributed by atoms with Crippen LogP contribution in [-0.4, -0.2) is 15.7 Å². The summed E-state index contributed by atoms with van der Waals surface area (Å²) in [5.74, 6) is -2.31. The third kappa shape index (κ3) is 4.17. The van der Waals surface area contributed by atoms with Gasteiger partial charge in [-0.3, -0.25) is 4.79 Å². The minimum atomic E-state index is -0.960. The lowest BCUT2D eigenvalue weighted by Crippen LogP contribution is -2.27. The molecule has 4 nitrogen and oxygen atoms in total. The largest absolute Gasteiger partial charge is 0.345 e. The number of halogens is 3. The van der Waals surface area contributed by atoms with E-state index in [1.165, 1.54) is 6.07 Å². The molecule has 27 heavy (non-hydrogen) atoms. The average Bonchev–Trinajstić information content (AvgIpc) is 2.91. The molecule has 0 saturated carbocycles. The first-order chi connectivity index (χ1) is 12.9. The molecule has 140 valence electrons. The first kappa shape index (κ1) is 19.0. The minimum absolute atomic E-state index is 0.228. The van der Waals surface area contributed by atoms with Crippen LogP contribution in [0.5, 0.6) is 0 Å². The number of aryl methyl sites for hydroxylation is 1. The van der Waals surface area contributed by atoms with Crippen molar-refractivity contribution in [3.63, 3.8) is 0 Å². The predicted octanol–water partition coefficient (Wildman–Crippen LogP) is 4.66. The maximum absolute atomic E-state index is 13.4. The Morgan fingerprint density at radius 1 is 1.19 bits per heavy atom. The molecule has 3 rings (SSSR count). The summed E-state index contributed by atoms with van der Waals surface area (Å²) in [5.41, 5.74) is 2.21. The number of hydrogen-bond donors (Lipinski definition) is 1. The van der Waals surface area contributed by atoms with Gasteiger partial charge in [0, 0.05) is 0 Å². The van der Waals surface area contributed by atoms with E-state index in [0.717, 1.165) is 17.7 Å². The first-order valence-corrected chi connectivity index (χ1v) is 8.77. The fourth-order valence-corrected chi connectivity index (χ4v) is 3.13. The van der Waals surface area contributed by atoms with Crippen LogP contribution in [0.4, 0.5) is 8.78 Å². The molecular formula is C20H18ClF2N3O. The molecule has 0 radical (unpaired) electrons. The van der Waals surface area contributed by atoms with E-state index in [1.807, 2.05) is 30.3 Å². The van der Waals surface area contributed by atoms with Crippen molar-refractivity contribution in [2.24, 2.45) is 0 Å². The van der Waals surface area contributed by atoms with Gasteiger partial charge in [0.25, 0.3) is 5.91 Å². The Labute approximate surface area is 160 Å². The molecule has 3 aromatic rings. The lowest BCUT2D eigenvalue weighted by Gasteiger charge is -2.14. The van der Waals surface area contributed by atoms with Crippen LogP contribution in [0.25, 0.3) is 0 Å². The van der Waals surface area contributed by atoms with Crippen LogP contribution in [0, 0.1) is 18.6 Å². The van der Waals surface area contributed by atoms with Crippen molar-refractivity contribution in [2.45, 2.75) is 26.4 Å². The molecule has 1 amide bonds. The van der Waals surface area contributed by atoms with Gasteiger partial charge in [0.05, 0.1) is 23.8 Å². The third-order valence-electron chi connectivity index (χ3n) is 4.26. The highest BCUT2D eigenvalue weighted by Gasteiger charge is 2.22. The second-order valence-electron chi connectivity index (χ2n) is 6.26. The van der Waals surface area contributed by atoms with Crippen LogP contribution in [-0.2, 0) is 6.54 Å². The van der Waals surface area contributed by atoms with Crippen LogP contribution < -0.4 is 5.32 Å². The summed E-state index contributed by atoms with van der Waals surface area (Å²) in [6.07, 6.45) is 0. The first-order valence-electron chi connectivity index (χ1n) is 8.39. The molecule has 0 aliphatic heterocycles. The van der Waals surface area contributed by atoms with Crippen molar-refractivity contribution in [3.8, 4) is 0 Å². The van der Waals surface area contributed by atoms with E-state index >= 15 is 0 Å². The molecule has 0 fully saturated rings. The Balaban J connectivity index is 1.79. The van der Waals surface area contributed by atoms with Crippen molar-refractivity contribution in [2.75, 3.05) is 0 Å². The second kappa shape index (κ2) is 7.88. The monoisotopic (exact) mass is 389 g/mol. The van der Waals surface area contributed by atoms with Crippen molar-refractivity contribution >= 4 is 17.5 Å². The number of carbonyl (C=O) groups is 1. The van der Waals surface area contributed by atoms with Crippen molar-refractivity contribution < 1.29 is 13.6 Å². The summed E-state index contributed by atoms with van der Waals surface area (Å²) in [7, 11) is 0. The van der Waals surface area contributed by atoms with Gasteiger partial charge in [-0.2, -0.15) is 5.10 Å². The summed E-state index contributed by atoms with van der Waals surface area (Å²) in [5, 5.41) is 7.33. The molecule has 0 aliphatic carbocycles. The topological polar surface area (TPSA) is 46.9 Å². The Morgan fingerprint density at radius 3 is 2.56 bits per heavy atom. The van der Waals surface area contributed by atoms with Gasteiger partial charge >= 0.3 is 0 Å². The molecule has 0 saturated heterocycles. The highest BCUT2D eigenvalue weighted by atomic mass is 35.5. The van der Waals surface area contributed by atoms with Crippen LogP contribution in [0.2, 0.25) is 5.15 Å². The predicted molar refractivity (Wildman–Crippen MR) is 99.8 cm³/mol. The van der Waals surface area contributed by atoms with Gasteiger partial charge in [-0.05, 0) is 37.1 Å². The fourth-order valence-electron chi connectivity index (χ4n) is 2.81.